The average Bonchev–Trinajstić information content (AvgIpc) is 3.33. The maximum absolute atomic E-state index is 12.0. The minimum atomic E-state index is -2.01. The van der Waals surface area contributed by atoms with Gasteiger partial charge in [0, 0.05) is 18.4 Å². The minimum Gasteiger partial charge on any atom is -0.463 e. The molecular formula is C42H72O5Si2. The Hall–Kier alpha value is -1.52. The number of aliphatic hydroxyl groups is 1. The summed E-state index contributed by atoms with van der Waals surface area (Å²) in [5, 5.41) is 10.9. The lowest BCUT2D eigenvalue weighted by Gasteiger charge is -2.45. The van der Waals surface area contributed by atoms with Crippen molar-refractivity contribution in [3.63, 3.8) is 0 Å². The Balaban J connectivity index is 1.83. The second-order valence-electron chi connectivity index (χ2n) is 18.7. The van der Waals surface area contributed by atoms with Crippen LogP contribution in [0.5, 0.6) is 0 Å². The van der Waals surface area contributed by atoms with Crippen LogP contribution in [0.1, 0.15) is 114 Å². The smallest absolute Gasteiger partial charge is 0.333 e. The highest BCUT2D eigenvalue weighted by Gasteiger charge is 2.50. The quantitative estimate of drug-likeness (QED) is 0.0944. The fourth-order valence-electron chi connectivity index (χ4n) is 7.98. The van der Waals surface area contributed by atoms with Crippen LogP contribution in [0.15, 0.2) is 59.8 Å². The van der Waals surface area contributed by atoms with E-state index in [-0.39, 0.29) is 34.1 Å². The Morgan fingerprint density at radius 2 is 1.63 bits per heavy atom. The Labute approximate surface area is 303 Å². The first-order valence-electron chi connectivity index (χ1n) is 19.1. The first-order chi connectivity index (χ1) is 22.4. The number of rotatable bonds is 12. The van der Waals surface area contributed by atoms with E-state index in [9.17, 15) is 9.90 Å². The maximum atomic E-state index is 12.0. The van der Waals surface area contributed by atoms with Crippen LogP contribution in [-0.4, -0.2) is 52.6 Å². The van der Waals surface area contributed by atoms with Crippen molar-refractivity contribution >= 4 is 22.6 Å². The number of esters is 1. The number of fused-ring (bicyclic) bond motifs is 1. The molecule has 1 N–H and O–H groups in total. The fourth-order valence-corrected chi connectivity index (χ4v) is 10.7. The van der Waals surface area contributed by atoms with Gasteiger partial charge in [-0.3, -0.25) is 0 Å². The molecule has 0 bridgehead atoms. The third-order valence-electron chi connectivity index (χ3n) is 13.1. The van der Waals surface area contributed by atoms with Gasteiger partial charge in [-0.05, 0) is 116 Å². The highest BCUT2D eigenvalue weighted by Crippen LogP contribution is 2.59. The van der Waals surface area contributed by atoms with Crippen molar-refractivity contribution in [2.24, 2.45) is 23.2 Å². The maximum Gasteiger partial charge on any atom is 0.333 e. The lowest BCUT2D eigenvalue weighted by Crippen LogP contribution is -2.49. The summed E-state index contributed by atoms with van der Waals surface area (Å²) in [5.41, 5.74) is 4.54. The van der Waals surface area contributed by atoms with E-state index in [2.05, 4.69) is 113 Å². The second-order valence-corrected chi connectivity index (χ2v) is 28.2. The molecule has 3 aliphatic carbocycles. The summed E-state index contributed by atoms with van der Waals surface area (Å²) in [6, 6.07) is 0. The molecule has 0 aromatic rings. The average molecular weight is 713 g/mol. The standard InChI is InChI=1S/C42H72O5Si2/c1-16-45-39(44)30(3)26-34(43)22-19-29(2)36-23-24-37-32(18-17-25-42(36,37)11)20-21-33-27-35(46-48(12,13)40(5,6)7)28-38(31(33)4)47-49(14,15)41(8,9)10/h19-22,29,34-38,43H,3-4,16-18,23-28H2,1-2,5-15H3/t29-,34?,35-,36-,37+,38+,42-/m1/s1. The van der Waals surface area contributed by atoms with Crippen LogP contribution in [0.25, 0.3) is 0 Å². The first-order valence-corrected chi connectivity index (χ1v) is 24.9. The molecule has 0 amide bonds. The van der Waals surface area contributed by atoms with Crippen molar-refractivity contribution in [3.05, 3.63) is 59.8 Å². The van der Waals surface area contributed by atoms with Crippen LogP contribution in [0.2, 0.25) is 36.3 Å². The van der Waals surface area contributed by atoms with Gasteiger partial charge in [-0.25, -0.2) is 4.79 Å². The van der Waals surface area contributed by atoms with Crippen molar-refractivity contribution in [2.45, 2.75) is 168 Å². The number of carbonyl (C=O) groups excluding carboxylic acids is 1. The molecule has 3 saturated carbocycles. The van der Waals surface area contributed by atoms with Gasteiger partial charge in [-0.15, -0.1) is 0 Å². The molecule has 3 aliphatic rings. The monoisotopic (exact) mass is 712 g/mol. The molecule has 0 saturated heterocycles. The third kappa shape index (κ3) is 10.1. The normalized spacial score (nSPS) is 30.1. The molecule has 0 radical (unpaired) electrons. The molecule has 1 unspecified atom stereocenters. The van der Waals surface area contributed by atoms with Crippen molar-refractivity contribution in [1.82, 2.24) is 0 Å². The van der Waals surface area contributed by atoms with Gasteiger partial charge in [0.15, 0.2) is 16.6 Å². The minimum absolute atomic E-state index is 0.0148. The molecule has 3 rings (SSSR count). The van der Waals surface area contributed by atoms with Crippen LogP contribution in [-0.2, 0) is 18.4 Å². The summed E-state index contributed by atoms with van der Waals surface area (Å²) in [6.07, 6.45) is 16.2. The van der Waals surface area contributed by atoms with Gasteiger partial charge >= 0.3 is 5.97 Å². The molecule has 7 atom stereocenters. The summed E-state index contributed by atoms with van der Waals surface area (Å²) >= 11 is 0. The van der Waals surface area contributed by atoms with E-state index in [0.717, 1.165) is 24.8 Å². The van der Waals surface area contributed by atoms with Gasteiger partial charge < -0.3 is 18.7 Å². The lowest BCUT2D eigenvalue weighted by atomic mass is 9.61. The summed E-state index contributed by atoms with van der Waals surface area (Å²) in [7, 11) is -3.98. The van der Waals surface area contributed by atoms with Gasteiger partial charge in [0.25, 0.3) is 0 Å². The third-order valence-corrected chi connectivity index (χ3v) is 22.1. The van der Waals surface area contributed by atoms with Crippen LogP contribution < -0.4 is 0 Å². The van der Waals surface area contributed by atoms with Gasteiger partial charge in [0.05, 0.1) is 24.9 Å². The Morgan fingerprint density at radius 1 is 1.02 bits per heavy atom. The van der Waals surface area contributed by atoms with Crippen molar-refractivity contribution in [2.75, 3.05) is 6.61 Å². The van der Waals surface area contributed by atoms with E-state index in [0.29, 0.717) is 29.9 Å². The summed E-state index contributed by atoms with van der Waals surface area (Å²) in [6.45, 7) is 38.7. The molecule has 5 nitrogen and oxygen atoms in total. The molecule has 0 heterocycles. The van der Waals surface area contributed by atoms with Crippen LogP contribution in [0.4, 0.5) is 0 Å². The number of aliphatic hydroxyl groups excluding tert-OH is 1. The molecule has 3 fully saturated rings. The molecule has 7 heteroatoms. The lowest BCUT2D eigenvalue weighted by molar-refractivity contribution is -0.138. The van der Waals surface area contributed by atoms with Crippen LogP contribution in [0.3, 0.4) is 0 Å². The van der Waals surface area contributed by atoms with Gasteiger partial charge in [-0.2, -0.15) is 0 Å². The SMILES string of the molecule is C=C(CC(O)C=C[C@@H](C)[C@H]1CC[C@H]2C(=CC=C3C[C@@H](O[Si](C)(C)C(C)(C)C)C[C@H](O[Si](C)(C)C(C)(C)C)C3=C)CCC[C@]12C)C(=O)OCC. The van der Waals surface area contributed by atoms with Crippen molar-refractivity contribution in [1.29, 1.82) is 0 Å². The fraction of sp³-hybridized carbons (Fsp3) is 0.738. The van der Waals surface area contributed by atoms with Crippen molar-refractivity contribution < 1.29 is 23.5 Å². The molecule has 0 aromatic heterocycles. The molecule has 278 valence electrons. The van der Waals surface area contributed by atoms with Gasteiger partial charge in [0.1, 0.15) is 0 Å². The van der Waals surface area contributed by atoms with Gasteiger partial charge in [-0.1, -0.05) is 98.4 Å². The number of carbonyl (C=O) groups is 1. The van der Waals surface area contributed by atoms with E-state index in [1.54, 1.807) is 12.5 Å². The van der Waals surface area contributed by atoms with Crippen LogP contribution >= 0.6 is 0 Å². The zero-order valence-electron chi connectivity index (χ0n) is 33.6. The number of ether oxygens (including phenoxy) is 1. The van der Waals surface area contributed by atoms with Gasteiger partial charge in [0.2, 0.25) is 0 Å². The number of allylic oxidation sites excluding steroid dienone is 4. The Bertz CT molecular complexity index is 1290. The predicted molar refractivity (Wildman–Crippen MR) is 212 cm³/mol. The molecule has 49 heavy (non-hydrogen) atoms. The van der Waals surface area contributed by atoms with E-state index >= 15 is 0 Å². The van der Waals surface area contributed by atoms with E-state index in [1.807, 2.05) is 6.08 Å². The zero-order valence-corrected chi connectivity index (χ0v) is 35.6. The van der Waals surface area contributed by atoms with E-state index in [1.165, 1.54) is 31.3 Å². The summed E-state index contributed by atoms with van der Waals surface area (Å²) < 4.78 is 19.2. The number of hydrogen-bond donors (Lipinski definition) is 1. The second kappa shape index (κ2) is 16.0. The molecular weight excluding hydrogens is 641 g/mol. The van der Waals surface area contributed by atoms with Crippen molar-refractivity contribution in [3.8, 4) is 0 Å². The van der Waals surface area contributed by atoms with E-state index in [4.69, 9.17) is 13.6 Å². The molecule has 0 aliphatic heterocycles. The number of hydrogen-bond acceptors (Lipinski definition) is 5. The first kappa shape index (κ1) is 41.9. The largest absolute Gasteiger partial charge is 0.463 e. The summed E-state index contributed by atoms with van der Waals surface area (Å²) in [5.74, 6) is 1.00. The van der Waals surface area contributed by atoms with Crippen LogP contribution in [0, 0.1) is 23.2 Å². The molecule has 0 aromatic carbocycles. The highest BCUT2D eigenvalue weighted by atomic mass is 28.4. The predicted octanol–water partition coefficient (Wildman–Crippen LogP) is 11.2. The summed E-state index contributed by atoms with van der Waals surface area (Å²) in [4.78, 5) is 12.0. The highest BCUT2D eigenvalue weighted by molar-refractivity contribution is 6.74. The zero-order chi connectivity index (χ0) is 37.2. The topological polar surface area (TPSA) is 65.0 Å². The molecule has 0 spiro atoms. The Kier molecular flexibility index (Phi) is 13.7. The Morgan fingerprint density at radius 3 is 2.22 bits per heavy atom. The van der Waals surface area contributed by atoms with E-state index < -0.39 is 28.7 Å².